The Morgan fingerprint density at radius 1 is 1.27 bits per heavy atom. The number of thioether (sulfide) groups is 1. The fourth-order valence-corrected chi connectivity index (χ4v) is 5.34. The van der Waals surface area contributed by atoms with Gasteiger partial charge in [-0.3, -0.25) is 14.2 Å². The summed E-state index contributed by atoms with van der Waals surface area (Å²) in [5.74, 6) is -0.397. The monoisotopic (exact) mass is 543 g/mol. The van der Waals surface area contributed by atoms with E-state index >= 15 is 0 Å². The first-order valence-corrected chi connectivity index (χ1v) is 13.3. The first kappa shape index (κ1) is 27.9. The zero-order valence-corrected chi connectivity index (χ0v) is 22.7. The lowest BCUT2D eigenvalue weighted by molar-refractivity contribution is -0.113. The summed E-state index contributed by atoms with van der Waals surface area (Å²) >= 11 is 2.11. The van der Waals surface area contributed by atoms with E-state index in [2.05, 4.69) is 22.1 Å². The van der Waals surface area contributed by atoms with E-state index < -0.39 is 23.9 Å². The van der Waals surface area contributed by atoms with Crippen LogP contribution in [0.4, 0.5) is 5.00 Å². The molecule has 0 saturated carbocycles. The average molecular weight is 544 g/mol. The Labute approximate surface area is 223 Å². The number of anilines is 1. The van der Waals surface area contributed by atoms with Crippen LogP contribution in [0.1, 0.15) is 56.9 Å². The van der Waals surface area contributed by atoms with Crippen molar-refractivity contribution in [1.29, 1.82) is 0 Å². The maximum Gasteiger partial charge on any atom is 0.341 e. The molecule has 3 aromatic rings. The Balaban J connectivity index is 1.75. The standard InChI is InChI=1S/C25H29N5O5S2/c1-6-12-30-22(16(5)35-17-11-9-8-10-14(17)3)28-29-25(30)36-13-18(31)27-23-19(24(33)34-7-2)15(4)20(37-23)21(26)32/h6,8-11,16H,1,7,12-13H2,2-5H3,(H2,26,32)(H,27,31). The molecule has 10 nitrogen and oxygen atoms in total. The van der Waals surface area contributed by atoms with Crippen molar-refractivity contribution in [2.24, 2.45) is 5.73 Å². The summed E-state index contributed by atoms with van der Waals surface area (Å²) in [6.07, 6.45) is 1.31. The zero-order valence-electron chi connectivity index (χ0n) is 21.1. The number of hydrogen-bond acceptors (Lipinski definition) is 9. The molecule has 2 heterocycles. The van der Waals surface area contributed by atoms with Crippen molar-refractivity contribution in [3.8, 4) is 5.75 Å². The molecule has 0 saturated heterocycles. The predicted octanol–water partition coefficient (Wildman–Crippen LogP) is 4.29. The summed E-state index contributed by atoms with van der Waals surface area (Å²) in [6.45, 7) is 11.5. The number of nitrogens with two attached hydrogens (primary N) is 1. The van der Waals surface area contributed by atoms with Gasteiger partial charge in [0.1, 0.15) is 10.8 Å². The molecule has 1 aromatic carbocycles. The number of amides is 2. The summed E-state index contributed by atoms with van der Waals surface area (Å²) < 4.78 is 13.0. The number of esters is 1. The van der Waals surface area contributed by atoms with Crippen LogP contribution < -0.4 is 15.8 Å². The van der Waals surface area contributed by atoms with Crippen LogP contribution in [0, 0.1) is 13.8 Å². The van der Waals surface area contributed by atoms with E-state index in [0.717, 1.165) is 22.6 Å². The van der Waals surface area contributed by atoms with Gasteiger partial charge in [-0.25, -0.2) is 4.79 Å². The van der Waals surface area contributed by atoms with E-state index in [1.54, 1.807) is 19.9 Å². The van der Waals surface area contributed by atoms with Gasteiger partial charge in [0.2, 0.25) is 5.91 Å². The van der Waals surface area contributed by atoms with Crippen molar-refractivity contribution in [1.82, 2.24) is 14.8 Å². The van der Waals surface area contributed by atoms with Gasteiger partial charge < -0.3 is 20.5 Å². The number of primary amides is 1. The molecule has 37 heavy (non-hydrogen) atoms. The number of benzene rings is 1. The van der Waals surface area contributed by atoms with Crippen molar-refractivity contribution >= 4 is 45.9 Å². The predicted molar refractivity (Wildman–Crippen MR) is 143 cm³/mol. The molecule has 2 aromatic heterocycles. The average Bonchev–Trinajstić information content (AvgIpc) is 3.40. The Hall–Kier alpha value is -3.64. The minimum atomic E-state index is -0.685. The topological polar surface area (TPSA) is 138 Å². The number of ether oxygens (including phenoxy) is 2. The third kappa shape index (κ3) is 6.57. The number of nitrogens with zero attached hydrogens (tertiary/aromatic N) is 3. The minimum absolute atomic E-state index is 0.0204. The molecule has 1 atom stereocenters. The van der Waals surface area contributed by atoms with Crippen LogP contribution in [0.15, 0.2) is 42.1 Å². The van der Waals surface area contributed by atoms with E-state index in [1.807, 2.05) is 42.7 Å². The SMILES string of the molecule is C=CCn1c(SCC(=O)Nc2sc(C(N)=O)c(C)c2C(=O)OCC)nnc1C(C)Oc1ccccc1C. The van der Waals surface area contributed by atoms with Crippen molar-refractivity contribution in [3.63, 3.8) is 0 Å². The fraction of sp³-hybridized carbons (Fsp3) is 0.320. The maximum absolute atomic E-state index is 12.8. The van der Waals surface area contributed by atoms with Crippen molar-refractivity contribution in [2.45, 2.75) is 45.5 Å². The minimum Gasteiger partial charge on any atom is -0.482 e. The molecule has 0 bridgehead atoms. The smallest absolute Gasteiger partial charge is 0.341 e. The molecule has 12 heteroatoms. The van der Waals surface area contributed by atoms with Gasteiger partial charge in [-0.15, -0.1) is 28.1 Å². The number of carbonyl (C=O) groups excluding carboxylic acids is 3. The number of aromatic nitrogens is 3. The van der Waals surface area contributed by atoms with E-state index in [0.29, 0.717) is 23.1 Å². The van der Waals surface area contributed by atoms with Crippen LogP contribution in [0.3, 0.4) is 0 Å². The number of allylic oxidation sites excluding steroid dienone is 1. The van der Waals surface area contributed by atoms with Gasteiger partial charge in [0, 0.05) is 6.54 Å². The summed E-state index contributed by atoms with van der Waals surface area (Å²) in [6, 6.07) is 7.69. The van der Waals surface area contributed by atoms with Gasteiger partial charge in [-0.2, -0.15) is 0 Å². The normalized spacial score (nSPS) is 11.6. The number of rotatable bonds is 12. The second-order valence-corrected chi connectivity index (χ2v) is 9.91. The summed E-state index contributed by atoms with van der Waals surface area (Å²) in [5, 5.41) is 12.0. The van der Waals surface area contributed by atoms with Crippen LogP contribution in [0.25, 0.3) is 0 Å². The van der Waals surface area contributed by atoms with Gasteiger partial charge in [0.15, 0.2) is 17.1 Å². The summed E-state index contributed by atoms with van der Waals surface area (Å²) in [7, 11) is 0. The highest BCUT2D eigenvalue weighted by atomic mass is 32.2. The van der Waals surface area contributed by atoms with Gasteiger partial charge >= 0.3 is 5.97 Å². The highest BCUT2D eigenvalue weighted by molar-refractivity contribution is 7.99. The van der Waals surface area contributed by atoms with E-state index in [1.165, 1.54) is 11.8 Å². The molecule has 2 amide bonds. The molecule has 0 fully saturated rings. The van der Waals surface area contributed by atoms with Crippen LogP contribution >= 0.6 is 23.1 Å². The largest absolute Gasteiger partial charge is 0.482 e. The zero-order chi connectivity index (χ0) is 27.1. The van der Waals surface area contributed by atoms with Gasteiger partial charge in [-0.1, -0.05) is 36.0 Å². The molecule has 0 aliphatic rings. The first-order chi connectivity index (χ1) is 17.7. The van der Waals surface area contributed by atoms with Crippen molar-refractivity contribution < 1.29 is 23.9 Å². The highest BCUT2D eigenvalue weighted by Crippen LogP contribution is 2.34. The Bertz CT molecular complexity index is 1320. The van der Waals surface area contributed by atoms with Crippen LogP contribution in [-0.4, -0.2) is 44.9 Å². The maximum atomic E-state index is 12.8. The summed E-state index contributed by atoms with van der Waals surface area (Å²) in [5.41, 5.74) is 6.93. The molecule has 196 valence electrons. The third-order valence-corrected chi connectivity index (χ3v) is 7.44. The quantitative estimate of drug-likeness (QED) is 0.196. The van der Waals surface area contributed by atoms with E-state index in [9.17, 15) is 14.4 Å². The second-order valence-electron chi connectivity index (χ2n) is 7.95. The molecule has 0 aliphatic carbocycles. The number of nitrogens with one attached hydrogen (secondary N) is 1. The van der Waals surface area contributed by atoms with Crippen LogP contribution in [0.2, 0.25) is 0 Å². The molecule has 1 unspecified atom stereocenters. The number of para-hydroxylation sites is 1. The van der Waals surface area contributed by atoms with Crippen LogP contribution in [0.5, 0.6) is 5.75 Å². The lowest BCUT2D eigenvalue weighted by atomic mass is 10.1. The Kier molecular flexibility index (Phi) is 9.48. The fourth-order valence-electron chi connectivity index (χ4n) is 3.52. The molecule has 0 aliphatic heterocycles. The molecule has 0 spiro atoms. The van der Waals surface area contributed by atoms with Crippen molar-refractivity contribution in [3.05, 3.63) is 64.3 Å². The number of carbonyl (C=O) groups is 3. The Morgan fingerprint density at radius 3 is 2.65 bits per heavy atom. The van der Waals surface area contributed by atoms with Crippen LogP contribution in [-0.2, 0) is 16.1 Å². The van der Waals surface area contributed by atoms with Gasteiger partial charge in [0.25, 0.3) is 5.91 Å². The summed E-state index contributed by atoms with van der Waals surface area (Å²) in [4.78, 5) is 37.2. The molecule has 3 rings (SSSR count). The number of aryl methyl sites for hydroxylation is 1. The van der Waals surface area contributed by atoms with Crippen molar-refractivity contribution in [2.75, 3.05) is 17.7 Å². The highest BCUT2D eigenvalue weighted by Gasteiger charge is 2.26. The van der Waals surface area contributed by atoms with Gasteiger partial charge in [-0.05, 0) is 44.9 Å². The number of thiophene rings is 1. The van der Waals surface area contributed by atoms with Gasteiger partial charge in [0.05, 0.1) is 22.8 Å². The molecular weight excluding hydrogens is 514 g/mol. The second kappa shape index (κ2) is 12.5. The Morgan fingerprint density at radius 2 is 2.00 bits per heavy atom. The lowest BCUT2D eigenvalue weighted by Gasteiger charge is -2.17. The lowest BCUT2D eigenvalue weighted by Crippen LogP contribution is -2.17. The van der Waals surface area contributed by atoms with E-state index in [-0.39, 0.29) is 27.8 Å². The first-order valence-electron chi connectivity index (χ1n) is 11.5. The molecule has 0 radical (unpaired) electrons. The third-order valence-electron chi connectivity index (χ3n) is 5.25. The molecular formula is C25H29N5O5S2. The number of hydrogen-bond donors (Lipinski definition) is 2. The van der Waals surface area contributed by atoms with E-state index in [4.69, 9.17) is 15.2 Å². The molecule has 3 N–H and O–H groups in total.